The fraction of sp³-hybridized carbons (Fsp3) is 0.100. The van der Waals surface area contributed by atoms with Gasteiger partial charge in [0.25, 0.3) is 0 Å². The van der Waals surface area contributed by atoms with Crippen LogP contribution in [0.5, 0.6) is 0 Å². The lowest BCUT2D eigenvalue weighted by Gasteiger charge is -1.93. The molecule has 0 aliphatic heterocycles. The van der Waals surface area contributed by atoms with E-state index in [0.717, 1.165) is 0 Å². The summed E-state index contributed by atoms with van der Waals surface area (Å²) in [7, 11) is 0. The normalized spacial score (nSPS) is 10.1. The van der Waals surface area contributed by atoms with Crippen LogP contribution < -0.4 is 0 Å². The molecule has 0 bridgehead atoms. The van der Waals surface area contributed by atoms with Gasteiger partial charge in [0.2, 0.25) is 0 Å². The molecule has 4 aromatic heterocycles. The maximum atomic E-state index is 2.14. The second-order valence-electron chi connectivity index (χ2n) is 9.71. The number of hydrogen-bond acceptors (Lipinski definition) is 4. The fourth-order valence-corrected chi connectivity index (χ4v) is 6.12. The van der Waals surface area contributed by atoms with Crippen molar-refractivity contribution in [3.8, 4) is 0 Å². The van der Waals surface area contributed by atoms with Crippen molar-refractivity contribution in [2.24, 2.45) is 0 Å². The molecule has 0 saturated heterocycles. The lowest BCUT2D eigenvalue weighted by atomic mass is 10.1. The van der Waals surface area contributed by atoms with Crippen LogP contribution in [0.2, 0.25) is 0 Å². The summed E-state index contributed by atoms with van der Waals surface area (Å²) in [5, 5.41) is 16.9. The summed E-state index contributed by atoms with van der Waals surface area (Å²) in [5.41, 5.74) is 10.3. The smallest absolute Gasteiger partial charge is 0.00208 e. The minimum absolute atomic E-state index is 0. The molecule has 0 aliphatic rings. The van der Waals surface area contributed by atoms with Crippen molar-refractivity contribution in [3.63, 3.8) is 0 Å². The first kappa shape index (κ1) is 44.5. The van der Waals surface area contributed by atoms with Gasteiger partial charge in [-0.1, -0.05) is 108 Å². The van der Waals surface area contributed by atoms with Crippen LogP contribution in [0, 0.1) is 13.8 Å². The first-order chi connectivity index (χ1) is 21.6. The minimum Gasteiger partial charge on any atom is -0.153 e. The van der Waals surface area contributed by atoms with Gasteiger partial charge in [0.05, 0.1) is 0 Å². The van der Waals surface area contributed by atoms with Gasteiger partial charge in [0, 0.05) is 0 Å². The van der Waals surface area contributed by atoms with Crippen LogP contribution >= 0.6 is 75.0 Å². The van der Waals surface area contributed by atoms with Crippen LogP contribution in [-0.4, -0.2) is 0 Å². The van der Waals surface area contributed by atoms with E-state index >= 15 is 0 Å². The van der Waals surface area contributed by atoms with Crippen LogP contribution in [0.15, 0.2) is 128 Å². The van der Waals surface area contributed by atoms with Crippen LogP contribution in [0.1, 0.15) is 58.4 Å². The zero-order valence-corrected chi connectivity index (χ0v) is 35.4. The van der Waals surface area contributed by atoms with E-state index < -0.39 is 0 Å². The van der Waals surface area contributed by atoms with Gasteiger partial charge in [-0.3, -0.25) is 0 Å². The Morgan fingerprint density at radius 2 is 0.596 bits per heavy atom. The van der Waals surface area contributed by atoms with E-state index in [1.807, 2.05) is 26.0 Å². The summed E-state index contributed by atoms with van der Waals surface area (Å²) in [4.78, 5) is 0. The second kappa shape index (κ2) is 27.4. The molecular formula is C40H49P3S4. The van der Waals surface area contributed by atoms with E-state index in [1.54, 1.807) is 45.3 Å². The Labute approximate surface area is 309 Å². The highest BCUT2D eigenvalue weighted by Crippen LogP contribution is 2.13. The molecule has 7 heteroatoms. The number of allylic oxidation sites excluding steroid dienone is 2. The zero-order chi connectivity index (χ0) is 31.2. The van der Waals surface area contributed by atoms with E-state index in [2.05, 4.69) is 166 Å². The van der Waals surface area contributed by atoms with Crippen molar-refractivity contribution in [1.82, 2.24) is 0 Å². The summed E-state index contributed by atoms with van der Waals surface area (Å²) >= 11 is 6.91. The Morgan fingerprint density at radius 3 is 0.830 bits per heavy atom. The molecule has 6 aromatic rings. The molecule has 0 saturated carbocycles. The summed E-state index contributed by atoms with van der Waals surface area (Å²) < 4.78 is 0. The minimum atomic E-state index is 0. The number of hydrogen-bond donors (Lipinski definition) is 0. The molecule has 0 fully saturated rings. The third-order valence-electron chi connectivity index (χ3n) is 5.98. The lowest BCUT2D eigenvalue weighted by molar-refractivity contribution is 1.46. The van der Waals surface area contributed by atoms with E-state index in [4.69, 9.17) is 0 Å². The van der Waals surface area contributed by atoms with Crippen molar-refractivity contribution >= 4 is 112 Å². The average Bonchev–Trinajstić information content (AvgIpc) is 3.88. The summed E-state index contributed by atoms with van der Waals surface area (Å²) in [6.45, 7) is 8.26. The first-order valence-corrected chi connectivity index (χ1v) is 18.2. The van der Waals surface area contributed by atoms with Crippen LogP contribution in [0.3, 0.4) is 0 Å². The quantitative estimate of drug-likeness (QED) is 0.149. The van der Waals surface area contributed by atoms with Crippen molar-refractivity contribution < 1.29 is 0 Å². The number of aryl methyl sites for hydroxylation is 2. The molecule has 6 rings (SSSR count). The van der Waals surface area contributed by atoms with Crippen LogP contribution in [0.25, 0.3) is 36.5 Å². The van der Waals surface area contributed by atoms with E-state index in [1.165, 1.54) is 44.5 Å². The molecule has 2 aromatic carbocycles. The highest BCUT2D eigenvalue weighted by molar-refractivity contribution is 7.08. The van der Waals surface area contributed by atoms with E-state index in [0.29, 0.717) is 0 Å². The highest BCUT2D eigenvalue weighted by atomic mass is 32.1. The molecule has 3 atom stereocenters. The number of thiophene rings is 4. The Balaban J connectivity index is 0.000000607. The molecular weight excluding hydrogens is 702 g/mol. The monoisotopic (exact) mass is 750 g/mol. The third kappa shape index (κ3) is 19.8. The first-order valence-electron chi connectivity index (χ1n) is 14.4. The topological polar surface area (TPSA) is 0 Å². The van der Waals surface area contributed by atoms with Crippen molar-refractivity contribution in [1.29, 1.82) is 0 Å². The molecule has 4 heterocycles. The van der Waals surface area contributed by atoms with Crippen molar-refractivity contribution in [2.45, 2.75) is 27.7 Å². The number of benzene rings is 2. The Bertz CT molecular complexity index is 1510. The third-order valence-corrected chi connectivity index (χ3v) is 8.79. The van der Waals surface area contributed by atoms with Gasteiger partial charge in [-0.05, 0) is 128 Å². The zero-order valence-electron chi connectivity index (χ0n) is 27.9. The van der Waals surface area contributed by atoms with Gasteiger partial charge in [0.1, 0.15) is 0 Å². The van der Waals surface area contributed by atoms with Gasteiger partial charge in [0.15, 0.2) is 0 Å². The maximum Gasteiger partial charge on any atom is -0.00208 e. The summed E-state index contributed by atoms with van der Waals surface area (Å²) in [5.74, 6) is 0. The van der Waals surface area contributed by atoms with Gasteiger partial charge >= 0.3 is 0 Å². The second-order valence-corrected chi connectivity index (χ2v) is 12.8. The Morgan fingerprint density at radius 1 is 0.340 bits per heavy atom. The Hall–Kier alpha value is -2.51. The lowest BCUT2D eigenvalue weighted by Crippen LogP contribution is -1.72. The van der Waals surface area contributed by atoms with Crippen molar-refractivity contribution in [2.75, 3.05) is 0 Å². The molecule has 0 aliphatic carbocycles. The SMILES string of the molecule is C/C=C/c1ccsc1.C/C=C/c1ccsc1.Cc1ccc(/C=C/c2ccsc2)cc1.Cc1ccc(/C=C/c2ccsc2)cc1.P.P.P. The van der Waals surface area contributed by atoms with Gasteiger partial charge in [-0.15, -0.1) is 0 Å². The predicted octanol–water partition coefficient (Wildman–Crippen LogP) is 14.2. The molecule has 0 spiro atoms. The molecule has 0 N–H and O–H groups in total. The fourth-order valence-electron chi connectivity index (χ4n) is 3.60. The molecule has 0 amide bonds. The summed E-state index contributed by atoms with van der Waals surface area (Å²) in [6, 6.07) is 25.5. The highest BCUT2D eigenvalue weighted by Gasteiger charge is 1.89. The standard InChI is InChI=1S/2C13H12S.2C7H8S.3H3P/c2*1-11-2-4-12(5-3-11)6-7-13-8-9-14-10-13;2*1-2-3-7-4-5-8-6-7;;;/h2*2-10H,1H3;2*2-6H,1H3;3*1H3/b2*7-6+;2*3-2+;;;. The van der Waals surface area contributed by atoms with Gasteiger partial charge in [-0.25, -0.2) is 0 Å². The van der Waals surface area contributed by atoms with E-state index in [9.17, 15) is 0 Å². The molecule has 47 heavy (non-hydrogen) atoms. The van der Waals surface area contributed by atoms with E-state index in [-0.39, 0.29) is 29.7 Å². The van der Waals surface area contributed by atoms with Crippen LogP contribution in [0.4, 0.5) is 0 Å². The molecule has 248 valence electrons. The molecule has 0 nitrogen and oxygen atoms in total. The molecule has 3 unspecified atom stereocenters. The predicted molar refractivity (Wildman–Crippen MR) is 240 cm³/mol. The molecule has 0 radical (unpaired) electrons. The average molecular weight is 751 g/mol. The van der Waals surface area contributed by atoms with Crippen LogP contribution in [-0.2, 0) is 0 Å². The van der Waals surface area contributed by atoms with Crippen molar-refractivity contribution in [3.05, 3.63) is 172 Å². The van der Waals surface area contributed by atoms with Gasteiger partial charge in [-0.2, -0.15) is 75.0 Å². The maximum absolute atomic E-state index is 2.14. The number of rotatable bonds is 6. The largest absolute Gasteiger partial charge is 0.153 e. The Kier molecular flexibility index (Phi) is 26.0. The summed E-state index contributed by atoms with van der Waals surface area (Å²) in [6.07, 6.45) is 16.8. The van der Waals surface area contributed by atoms with Gasteiger partial charge < -0.3 is 0 Å².